The maximum absolute atomic E-state index is 14.9. The summed E-state index contributed by atoms with van der Waals surface area (Å²) in [6.07, 6.45) is 27.7. The molecule has 0 radical (unpaired) electrons. The number of rotatable bonds is 77. The quantitative estimate of drug-likeness (QED) is 0.00889. The van der Waals surface area contributed by atoms with Crippen LogP contribution < -0.4 is 0 Å². The zero-order valence-corrected chi connectivity index (χ0v) is 75.0. The first-order valence-electron chi connectivity index (χ1n) is 47.8. The number of carbonyl (C=O) groups is 4. The minimum absolute atomic E-state index is 0.0160. The van der Waals surface area contributed by atoms with E-state index in [0.717, 1.165) is 141 Å². The van der Waals surface area contributed by atoms with Gasteiger partial charge in [-0.25, -0.2) is 4.57 Å². The first-order chi connectivity index (χ1) is 57.1. The normalized spacial score (nSPS) is 25.2. The molecule has 3 fully saturated rings. The topological polar surface area (TPSA) is 380 Å². The first kappa shape index (κ1) is 109. The van der Waals surface area contributed by atoms with Crippen molar-refractivity contribution in [1.82, 2.24) is 0 Å². The monoisotopic (exact) mass is 1710 g/mol. The Labute approximate surface area is 712 Å². The van der Waals surface area contributed by atoms with Crippen molar-refractivity contribution in [2.45, 2.75) is 518 Å². The number of ether oxygens (including phenoxy) is 8. The third-order valence-electron chi connectivity index (χ3n) is 23.7. The molecule has 3 aliphatic rings. The molecule has 26 heteroatoms. The highest BCUT2D eigenvalue weighted by Crippen LogP contribution is 2.49. The van der Waals surface area contributed by atoms with E-state index in [1.54, 1.807) is 0 Å². The van der Waals surface area contributed by atoms with Crippen LogP contribution in [0.1, 0.15) is 413 Å². The molecule has 694 valence electrons. The smallest absolute Gasteiger partial charge is 0.463 e. The van der Waals surface area contributed by atoms with Gasteiger partial charge in [0.1, 0.15) is 92.6 Å². The Morgan fingerprint density at radius 2 is 0.686 bits per heavy atom. The van der Waals surface area contributed by atoms with E-state index in [1.807, 2.05) is 0 Å². The van der Waals surface area contributed by atoms with Crippen LogP contribution in [0.5, 0.6) is 0 Å². The fraction of sp³-hybridized carbons (Fsp3) is 0.935. The second-order valence-electron chi connectivity index (χ2n) is 34.5. The van der Waals surface area contributed by atoms with Crippen LogP contribution >= 0.6 is 7.82 Å². The Morgan fingerprint density at radius 3 is 1.10 bits per heavy atom. The molecule has 0 aromatic heterocycles. The maximum atomic E-state index is 14.9. The van der Waals surface area contributed by atoms with E-state index in [4.69, 9.17) is 46.9 Å². The highest BCUT2D eigenvalue weighted by molar-refractivity contribution is 7.47. The summed E-state index contributed by atoms with van der Waals surface area (Å²) in [6.45, 7) is 7.93. The van der Waals surface area contributed by atoms with Gasteiger partial charge in [-0.2, -0.15) is 0 Å². The standard InChI is InChI=1S/C92H171O25P/c1-6-10-14-18-22-25-28-31-33-36-38-41-44-51-57-63-75(94)108-68-72(111-77(96)65-59-53-45-42-40-37-34-32-29-26-23-19-15-11-7-2)69-110-118(106,107)117-90-88(115-91-85(104)81(100)79(98)73(67-93)112-91)84(103)83(102)87(114-78(97)66-60-54-46-43-39-35-30-27-24-20-16-12-8-3)89(90)116-92-86(105)82(101)80(99)74(113-92)70-109-76(95)64-58-52-48-47-50-56-62-71(5)61-55-49-21-17-13-9-4/h26,29,71-74,79-93,98-105H,6-25,27-28,30-70H2,1-5H3,(H,106,107)/b29-26-. The van der Waals surface area contributed by atoms with Crippen LogP contribution in [0.25, 0.3) is 0 Å². The van der Waals surface area contributed by atoms with E-state index >= 15 is 0 Å². The zero-order valence-electron chi connectivity index (χ0n) is 74.1. The molecule has 1 aliphatic carbocycles. The second-order valence-corrected chi connectivity index (χ2v) is 35.9. The molecule has 0 aromatic carbocycles. The Morgan fingerprint density at radius 1 is 0.356 bits per heavy atom. The third-order valence-corrected chi connectivity index (χ3v) is 24.7. The summed E-state index contributed by atoms with van der Waals surface area (Å²) in [5, 5.41) is 102. The van der Waals surface area contributed by atoms with E-state index < -0.39 is 162 Å². The molecule has 2 aliphatic heterocycles. The van der Waals surface area contributed by atoms with Crippen LogP contribution in [0.15, 0.2) is 12.2 Å². The highest BCUT2D eigenvalue weighted by Gasteiger charge is 2.60. The molecular formula is C92H171O25P. The van der Waals surface area contributed by atoms with Gasteiger partial charge in [0.2, 0.25) is 0 Å². The number of aliphatic hydroxyl groups excluding tert-OH is 9. The molecular weight excluding hydrogens is 1540 g/mol. The van der Waals surface area contributed by atoms with E-state index in [9.17, 15) is 74.6 Å². The summed E-state index contributed by atoms with van der Waals surface area (Å²) in [5.41, 5.74) is 0. The minimum Gasteiger partial charge on any atom is -0.463 e. The van der Waals surface area contributed by atoms with Crippen LogP contribution in [0.2, 0.25) is 0 Å². The lowest BCUT2D eigenvalue weighted by Gasteiger charge is -2.50. The molecule has 118 heavy (non-hydrogen) atoms. The first-order valence-corrected chi connectivity index (χ1v) is 49.3. The molecule has 0 amide bonds. The van der Waals surface area contributed by atoms with Gasteiger partial charge in [0.05, 0.1) is 13.2 Å². The maximum Gasteiger partial charge on any atom is 0.472 e. The predicted molar refractivity (Wildman–Crippen MR) is 458 cm³/mol. The molecule has 25 nitrogen and oxygen atoms in total. The largest absolute Gasteiger partial charge is 0.472 e. The Balaban J connectivity index is 1.91. The van der Waals surface area contributed by atoms with Gasteiger partial charge in [0, 0.05) is 25.7 Å². The molecule has 0 spiro atoms. The van der Waals surface area contributed by atoms with Crippen molar-refractivity contribution in [2.75, 3.05) is 26.4 Å². The Kier molecular flexibility index (Phi) is 65.2. The lowest BCUT2D eigenvalue weighted by molar-refractivity contribution is -0.360. The zero-order chi connectivity index (χ0) is 86.2. The number of phosphoric acid groups is 1. The van der Waals surface area contributed by atoms with E-state index in [-0.39, 0.29) is 25.7 Å². The number of allylic oxidation sites excluding steroid dienone is 2. The number of phosphoric ester groups is 1. The lowest BCUT2D eigenvalue weighted by Crippen LogP contribution is -2.70. The van der Waals surface area contributed by atoms with E-state index in [2.05, 4.69) is 46.8 Å². The molecule has 10 N–H and O–H groups in total. The molecule has 0 aromatic rings. The van der Waals surface area contributed by atoms with Gasteiger partial charge in [0.25, 0.3) is 0 Å². The van der Waals surface area contributed by atoms with Crippen molar-refractivity contribution in [2.24, 2.45) is 5.92 Å². The number of esters is 4. The molecule has 1 saturated carbocycles. The highest BCUT2D eigenvalue weighted by atomic mass is 31.2. The van der Waals surface area contributed by atoms with Gasteiger partial charge in [-0.1, -0.05) is 349 Å². The average molecular weight is 1710 g/mol. The van der Waals surface area contributed by atoms with Crippen molar-refractivity contribution < 1.29 is 122 Å². The van der Waals surface area contributed by atoms with Crippen molar-refractivity contribution in [3.63, 3.8) is 0 Å². The summed E-state index contributed by atoms with van der Waals surface area (Å²) in [5.74, 6) is -2.27. The van der Waals surface area contributed by atoms with E-state index in [1.165, 1.54) is 173 Å². The number of carbonyl (C=O) groups excluding carboxylic acids is 4. The molecule has 19 atom stereocenters. The molecule has 2 saturated heterocycles. The second kappa shape index (κ2) is 70.4. The predicted octanol–water partition coefficient (Wildman–Crippen LogP) is 17.8. The van der Waals surface area contributed by atoms with Gasteiger partial charge in [0.15, 0.2) is 24.8 Å². The van der Waals surface area contributed by atoms with Gasteiger partial charge in [-0.3, -0.25) is 28.2 Å². The van der Waals surface area contributed by atoms with E-state index in [0.29, 0.717) is 44.4 Å². The van der Waals surface area contributed by atoms with Crippen molar-refractivity contribution in [1.29, 1.82) is 0 Å². The summed E-state index contributed by atoms with van der Waals surface area (Å²) in [7, 11) is -5.81. The Hall–Kier alpha value is -2.79. The fourth-order valence-corrected chi connectivity index (χ4v) is 16.9. The van der Waals surface area contributed by atoms with Crippen LogP contribution in [-0.4, -0.2) is 205 Å². The van der Waals surface area contributed by atoms with Gasteiger partial charge in [-0.05, 0) is 57.3 Å². The van der Waals surface area contributed by atoms with Gasteiger partial charge >= 0.3 is 31.7 Å². The summed E-state index contributed by atoms with van der Waals surface area (Å²) in [4.78, 5) is 66.5. The molecule has 0 bridgehead atoms. The van der Waals surface area contributed by atoms with Gasteiger partial charge < -0.3 is 88.7 Å². The number of aliphatic hydroxyl groups is 9. The van der Waals surface area contributed by atoms with Crippen LogP contribution in [0.3, 0.4) is 0 Å². The summed E-state index contributed by atoms with van der Waals surface area (Å²) >= 11 is 0. The summed E-state index contributed by atoms with van der Waals surface area (Å²) < 4.78 is 73.5. The van der Waals surface area contributed by atoms with Gasteiger partial charge in [-0.15, -0.1) is 0 Å². The number of unbranched alkanes of at least 4 members (excludes halogenated alkanes) is 47. The number of hydrogen-bond donors (Lipinski definition) is 10. The number of hydrogen-bond acceptors (Lipinski definition) is 24. The summed E-state index contributed by atoms with van der Waals surface area (Å²) in [6, 6.07) is 0. The SMILES string of the molecule is CCCCCC/C=C\CCCCCCCCCC(=O)OC(COC(=O)CCCCCCCCCCCCCCCCC)COP(=O)(O)OC1C(OC2OC(CO)C(O)C(O)C2O)C(O)C(O)C(OC(=O)CCCCCCCCCCCCCCC)C1OC1OC(COC(=O)CCCCCCCCC(C)CCCCCCCC)C(O)C(O)C1O. The molecule has 19 unspecified atom stereocenters. The van der Waals surface area contributed by atoms with Crippen LogP contribution in [0.4, 0.5) is 0 Å². The fourth-order valence-electron chi connectivity index (χ4n) is 16.0. The van der Waals surface area contributed by atoms with Crippen molar-refractivity contribution in [3.05, 3.63) is 12.2 Å². The van der Waals surface area contributed by atoms with Crippen molar-refractivity contribution in [3.8, 4) is 0 Å². The average Bonchev–Trinajstić information content (AvgIpc) is 0.754. The minimum atomic E-state index is -5.81. The Bertz CT molecular complexity index is 2520. The van der Waals surface area contributed by atoms with Crippen molar-refractivity contribution >= 4 is 31.7 Å². The molecule has 3 rings (SSSR count). The lowest BCUT2D eigenvalue weighted by atomic mass is 9.84. The third kappa shape index (κ3) is 50.4. The van der Waals surface area contributed by atoms with Crippen LogP contribution in [0, 0.1) is 5.92 Å². The molecule has 2 heterocycles. The van der Waals surface area contributed by atoms with Crippen LogP contribution in [-0.2, 0) is 70.7 Å².